The summed E-state index contributed by atoms with van der Waals surface area (Å²) in [5.74, 6) is 0. The Kier molecular flexibility index (Phi) is 4.09. The number of hydrogen-bond donors (Lipinski definition) is 0. The number of benzene rings is 2. The molecule has 25 heavy (non-hydrogen) atoms. The van der Waals surface area contributed by atoms with Crippen LogP contribution in [0.4, 0.5) is 0 Å². The maximum absolute atomic E-state index is 4.52. The highest BCUT2D eigenvalue weighted by molar-refractivity contribution is 5.80. The van der Waals surface area contributed by atoms with Gasteiger partial charge in [-0.3, -0.25) is 9.97 Å². The van der Waals surface area contributed by atoms with E-state index in [1.807, 2.05) is 48.9 Å². The SMILES string of the molecule is Cc1cccc(-c2cc(-c3ccncc3)cc(-c3ccccn3)c2)c1. The second-order valence-corrected chi connectivity index (χ2v) is 6.12. The zero-order chi connectivity index (χ0) is 17.1. The Morgan fingerprint density at radius 2 is 1.32 bits per heavy atom. The first-order chi connectivity index (χ1) is 12.3. The number of rotatable bonds is 3. The molecule has 2 aromatic heterocycles. The molecule has 0 unspecified atom stereocenters. The normalized spacial score (nSPS) is 10.6. The van der Waals surface area contributed by atoms with Gasteiger partial charge in [-0.05, 0) is 71.6 Å². The van der Waals surface area contributed by atoms with Crippen molar-refractivity contribution in [2.75, 3.05) is 0 Å². The van der Waals surface area contributed by atoms with E-state index in [4.69, 9.17) is 0 Å². The van der Waals surface area contributed by atoms with Crippen LogP contribution in [0.1, 0.15) is 5.56 Å². The Hall–Kier alpha value is -3.26. The number of pyridine rings is 2. The fraction of sp³-hybridized carbons (Fsp3) is 0.0435. The fourth-order valence-corrected chi connectivity index (χ4v) is 3.01. The summed E-state index contributed by atoms with van der Waals surface area (Å²) in [6, 6.07) is 25.3. The van der Waals surface area contributed by atoms with Crippen LogP contribution in [0.25, 0.3) is 33.5 Å². The minimum Gasteiger partial charge on any atom is -0.265 e. The first-order valence-electron chi connectivity index (χ1n) is 8.33. The van der Waals surface area contributed by atoms with Crippen molar-refractivity contribution in [1.29, 1.82) is 0 Å². The topological polar surface area (TPSA) is 25.8 Å². The first-order valence-corrected chi connectivity index (χ1v) is 8.33. The van der Waals surface area contributed by atoms with E-state index in [1.165, 1.54) is 22.3 Å². The number of aryl methyl sites for hydroxylation is 1. The van der Waals surface area contributed by atoms with Gasteiger partial charge in [0.1, 0.15) is 0 Å². The summed E-state index contributed by atoms with van der Waals surface area (Å²) in [4.78, 5) is 8.66. The Labute approximate surface area is 147 Å². The smallest absolute Gasteiger partial charge is 0.0702 e. The van der Waals surface area contributed by atoms with Crippen molar-refractivity contribution in [2.45, 2.75) is 6.92 Å². The maximum atomic E-state index is 4.52. The second-order valence-electron chi connectivity index (χ2n) is 6.12. The minimum atomic E-state index is 0.979. The summed E-state index contributed by atoms with van der Waals surface area (Å²) in [5.41, 5.74) is 8.08. The fourth-order valence-electron chi connectivity index (χ4n) is 3.01. The summed E-state index contributed by atoms with van der Waals surface area (Å²) in [7, 11) is 0. The molecule has 0 saturated carbocycles. The molecule has 4 rings (SSSR count). The molecule has 0 aliphatic heterocycles. The van der Waals surface area contributed by atoms with Crippen LogP contribution in [0.5, 0.6) is 0 Å². The first kappa shape index (κ1) is 15.3. The van der Waals surface area contributed by atoms with Crippen molar-refractivity contribution in [3.8, 4) is 33.5 Å². The molecule has 0 N–H and O–H groups in total. The van der Waals surface area contributed by atoms with E-state index in [0.717, 1.165) is 16.8 Å². The lowest BCUT2D eigenvalue weighted by atomic mass is 9.94. The van der Waals surface area contributed by atoms with Crippen molar-refractivity contribution < 1.29 is 0 Å². The molecule has 2 nitrogen and oxygen atoms in total. The van der Waals surface area contributed by atoms with E-state index >= 15 is 0 Å². The molecule has 4 aromatic rings. The molecule has 0 amide bonds. The average Bonchev–Trinajstić information content (AvgIpc) is 2.69. The average molecular weight is 322 g/mol. The standard InChI is InChI=1S/C23H18N2/c1-17-5-4-6-19(13-17)21-14-20(18-8-11-24-12-9-18)15-22(16-21)23-7-2-3-10-25-23/h2-16H,1H3. The van der Waals surface area contributed by atoms with Gasteiger partial charge in [-0.1, -0.05) is 35.9 Å². The van der Waals surface area contributed by atoms with Crippen LogP contribution in [-0.2, 0) is 0 Å². The second kappa shape index (κ2) is 6.70. The molecule has 0 saturated heterocycles. The van der Waals surface area contributed by atoms with E-state index < -0.39 is 0 Å². The van der Waals surface area contributed by atoms with Gasteiger partial charge in [0.15, 0.2) is 0 Å². The van der Waals surface area contributed by atoms with Gasteiger partial charge in [-0.15, -0.1) is 0 Å². The van der Waals surface area contributed by atoms with Gasteiger partial charge < -0.3 is 0 Å². The van der Waals surface area contributed by atoms with Gasteiger partial charge in [0.05, 0.1) is 5.69 Å². The molecule has 0 aliphatic rings. The Bertz CT molecular complexity index is 935. The molecular formula is C23H18N2. The molecular weight excluding hydrogens is 304 g/mol. The summed E-state index contributed by atoms with van der Waals surface area (Å²) >= 11 is 0. The van der Waals surface area contributed by atoms with Crippen molar-refractivity contribution in [2.24, 2.45) is 0 Å². The van der Waals surface area contributed by atoms with Crippen molar-refractivity contribution in [3.63, 3.8) is 0 Å². The van der Waals surface area contributed by atoms with Crippen molar-refractivity contribution >= 4 is 0 Å². The molecule has 0 fully saturated rings. The van der Waals surface area contributed by atoms with E-state index in [9.17, 15) is 0 Å². The molecule has 2 aromatic carbocycles. The van der Waals surface area contributed by atoms with Gasteiger partial charge >= 0.3 is 0 Å². The zero-order valence-corrected chi connectivity index (χ0v) is 14.1. The van der Waals surface area contributed by atoms with E-state index in [0.29, 0.717) is 0 Å². The van der Waals surface area contributed by atoms with Crippen LogP contribution in [-0.4, -0.2) is 9.97 Å². The van der Waals surface area contributed by atoms with Crippen LogP contribution in [0.2, 0.25) is 0 Å². The molecule has 2 heteroatoms. The third kappa shape index (κ3) is 3.33. The monoisotopic (exact) mass is 322 g/mol. The van der Waals surface area contributed by atoms with Crippen LogP contribution in [0.15, 0.2) is 91.4 Å². The predicted molar refractivity (Wildman–Crippen MR) is 103 cm³/mol. The molecule has 0 radical (unpaired) electrons. The summed E-state index contributed by atoms with van der Waals surface area (Å²) in [5, 5.41) is 0. The Balaban J connectivity index is 1.92. The predicted octanol–water partition coefficient (Wildman–Crippen LogP) is 5.79. The lowest BCUT2D eigenvalue weighted by molar-refractivity contribution is 1.32. The maximum Gasteiger partial charge on any atom is 0.0702 e. The molecule has 0 atom stereocenters. The lowest BCUT2D eigenvalue weighted by Crippen LogP contribution is -1.88. The van der Waals surface area contributed by atoms with E-state index in [-0.39, 0.29) is 0 Å². The number of nitrogens with zero attached hydrogens (tertiary/aromatic N) is 2. The summed E-state index contributed by atoms with van der Waals surface area (Å²) in [6.45, 7) is 2.12. The van der Waals surface area contributed by atoms with Crippen LogP contribution in [0, 0.1) is 6.92 Å². The van der Waals surface area contributed by atoms with Gasteiger partial charge in [0.2, 0.25) is 0 Å². The van der Waals surface area contributed by atoms with Gasteiger partial charge in [-0.2, -0.15) is 0 Å². The highest BCUT2D eigenvalue weighted by Crippen LogP contribution is 2.32. The molecule has 120 valence electrons. The van der Waals surface area contributed by atoms with Gasteiger partial charge in [0, 0.05) is 24.2 Å². The molecule has 2 heterocycles. The lowest BCUT2D eigenvalue weighted by Gasteiger charge is -2.11. The molecule has 0 bridgehead atoms. The van der Waals surface area contributed by atoms with E-state index in [2.05, 4.69) is 59.4 Å². The summed E-state index contributed by atoms with van der Waals surface area (Å²) in [6.07, 6.45) is 5.49. The highest BCUT2D eigenvalue weighted by Gasteiger charge is 2.08. The number of hydrogen-bond acceptors (Lipinski definition) is 2. The summed E-state index contributed by atoms with van der Waals surface area (Å²) < 4.78 is 0. The largest absolute Gasteiger partial charge is 0.265 e. The minimum absolute atomic E-state index is 0.979. The highest BCUT2D eigenvalue weighted by atomic mass is 14.7. The van der Waals surface area contributed by atoms with Crippen LogP contribution >= 0.6 is 0 Å². The van der Waals surface area contributed by atoms with Gasteiger partial charge in [-0.25, -0.2) is 0 Å². The third-order valence-corrected chi connectivity index (χ3v) is 4.26. The third-order valence-electron chi connectivity index (χ3n) is 4.26. The molecule has 0 aliphatic carbocycles. The zero-order valence-electron chi connectivity index (χ0n) is 14.1. The van der Waals surface area contributed by atoms with Crippen molar-refractivity contribution in [1.82, 2.24) is 9.97 Å². The molecule has 0 spiro atoms. The Morgan fingerprint density at radius 1 is 0.560 bits per heavy atom. The van der Waals surface area contributed by atoms with Gasteiger partial charge in [0.25, 0.3) is 0 Å². The quantitative estimate of drug-likeness (QED) is 0.477. The Morgan fingerprint density at radius 3 is 2.04 bits per heavy atom. The van der Waals surface area contributed by atoms with E-state index in [1.54, 1.807) is 0 Å². The number of aromatic nitrogens is 2. The van der Waals surface area contributed by atoms with Crippen molar-refractivity contribution in [3.05, 3.63) is 97.0 Å². The van der Waals surface area contributed by atoms with Crippen LogP contribution < -0.4 is 0 Å². The van der Waals surface area contributed by atoms with Crippen LogP contribution in [0.3, 0.4) is 0 Å².